The van der Waals surface area contributed by atoms with Gasteiger partial charge in [0, 0.05) is 11.8 Å². The van der Waals surface area contributed by atoms with E-state index in [1.165, 1.54) is 0 Å². The number of ketones is 1. The van der Waals surface area contributed by atoms with Crippen LogP contribution in [0.3, 0.4) is 0 Å². The van der Waals surface area contributed by atoms with Crippen molar-refractivity contribution in [3.05, 3.63) is 60.3 Å². The highest BCUT2D eigenvalue weighted by molar-refractivity contribution is 6.07. The maximum absolute atomic E-state index is 12.3. The van der Waals surface area contributed by atoms with Gasteiger partial charge in [0.1, 0.15) is 17.8 Å². The molecule has 0 N–H and O–H groups in total. The van der Waals surface area contributed by atoms with E-state index in [1.807, 2.05) is 0 Å². The summed E-state index contributed by atoms with van der Waals surface area (Å²) in [5, 5.41) is 0. The zero-order valence-electron chi connectivity index (χ0n) is 10.3. The van der Waals surface area contributed by atoms with Gasteiger partial charge in [-0.05, 0) is 30.3 Å². The summed E-state index contributed by atoms with van der Waals surface area (Å²) in [6, 6.07) is 8.64. The van der Waals surface area contributed by atoms with Gasteiger partial charge in [0.25, 0.3) is 0 Å². The Morgan fingerprint density at radius 2 is 2.00 bits per heavy atom. The van der Waals surface area contributed by atoms with Crippen molar-refractivity contribution in [1.29, 1.82) is 0 Å². The third-order valence-electron chi connectivity index (χ3n) is 2.86. The van der Waals surface area contributed by atoms with Crippen LogP contribution in [-0.2, 0) is 0 Å². The van der Waals surface area contributed by atoms with Gasteiger partial charge in [-0.15, -0.1) is 0 Å². The normalized spacial score (nSPS) is 10.6. The Hall–Kier alpha value is -2.69. The third kappa shape index (κ3) is 2.06. The molecule has 2 aromatic heterocycles. The first-order chi connectivity index (χ1) is 9.28. The van der Waals surface area contributed by atoms with Gasteiger partial charge < -0.3 is 4.74 Å². The molecule has 0 aliphatic heterocycles. The first-order valence-corrected chi connectivity index (χ1v) is 5.75. The minimum Gasteiger partial charge on any atom is -0.497 e. The zero-order chi connectivity index (χ0) is 13.2. The number of carbonyl (C=O) groups excluding carboxylic acids is 1. The summed E-state index contributed by atoms with van der Waals surface area (Å²) >= 11 is 0. The van der Waals surface area contributed by atoms with E-state index in [4.69, 9.17) is 4.74 Å². The predicted octanol–water partition coefficient (Wildman–Crippen LogP) is 1.97. The van der Waals surface area contributed by atoms with Gasteiger partial charge >= 0.3 is 0 Å². The first kappa shape index (κ1) is 11.4. The molecule has 3 rings (SSSR count). The maximum Gasteiger partial charge on any atom is 0.211 e. The fourth-order valence-electron chi connectivity index (χ4n) is 1.83. The molecule has 19 heavy (non-hydrogen) atoms. The van der Waals surface area contributed by atoms with Crippen LogP contribution in [0.25, 0.3) is 5.65 Å². The van der Waals surface area contributed by atoms with Crippen molar-refractivity contribution in [3.8, 4) is 5.75 Å². The van der Waals surface area contributed by atoms with Gasteiger partial charge in [-0.1, -0.05) is 0 Å². The van der Waals surface area contributed by atoms with Crippen LogP contribution in [0.1, 0.15) is 16.1 Å². The predicted molar refractivity (Wildman–Crippen MR) is 69.4 cm³/mol. The number of carbonyl (C=O) groups is 1. The van der Waals surface area contributed by atoms with E-state index in [0.717, 1.165) is 5.75 Å². The largest absolute Gasteiger partial charge is 0.497 e. The molecule has 0 bridgehead atoms. The fourth-order valence-corrected chi connectivity index (χ4v) is 1.83. The van der Waals surface area contributed by atoms with Crippen molar-refractivity contribution in [2.75, 3.05) is 7.11 Å². The number of benzene rings is 1. The lowest BCUT2D eigenvalue weighted by Gasteiger charge is -2.03. The van der Waals surface area contributed by atoms with Crippen molar-refractivity contribution in [2.24, 2.45) is 0 Å². The molecule has 0 aliphatic rings. The van der Waals surface area contributed by atoms with Crippen molar-refractivity contribution >= 4 is 11.4 Å². The Bertz CT molecular complexity index is 732. The second-order valence-corrected chi connectivity index (χ2v) is 4.03. The smallest absolute Gasteiger partial charge is 0.211 e. The lowest BCUT2D eigenvalue weighted by atomic mass is 10.1. The zero-order valence-corrected chi connectivity index (χ0v) is 10.3. The highest BCUT2D eigenvalue weighted by atomic mass is 16.5. The number of fused-ring (bicyclic) bond motifs is 1. The molecule has 5 heteroatoms. The fraction of sp³-hybridized carbons (Fsp3) is 0.0714. The Labute approximate surface area is 109 Å². The summed E-state index contributed by atoms with van der Waals surface area (Å²) in [7, 11) is 1.59. The number of hydrogen-bond donors (Lipinski definition) is 0. The van der Waals surface area contributed by atoms with Crippen LogP contribution in [0, 0.1) is 0 Å². The Kier molecular flexibility index (Phi) is 2.72. The maximum atomic E-state index is 12.3. The number of nitrogens with zero attached hydrogens (tertiary/aromatic N) is 3. The molecule has 0 fully saturated rings. The molecule has 0 saturated heterocycles. The minimum atomic E-state index is -0.119. The average Bonchev–Trinajstić information content (AvgIpc) is 2.94. The molecular weight excluding hydrogens is 242 g/mol. The first-order valence-electron chi connectivity index (χ1n) is 5.75. The summed E-state index contributed by atoms with van der Waals surface area (Å²) < 4.78 is 6.82. The second-order valence-electron chi connectivity index (χ2n) is 4.03. The highest BCUT2D eigenvalue weighted by Gasteiger charge is 2.11. The van der Waals surface area contributed by atoms with Crippen molar-refractivity contribution in [3.63, 3.8) is 0 Å². The standard InChI is InChI=1S/C14H11N3O2/c1-19-11-4-2-10(3-5-11)14(18)12-6-7-17-9-15-8-13(17)16-12/h2-9H,1H3. The molecule has 0 saturated carbocycles. The molecule has 2 heterocycles. The monoisotopic (exact) mass is 253 g/mol. The Balaban J connectivity index is 1.97. The number of ether oxygens (including phenoxy) is 1. The second kappa shape index (κ2) is 4.53. The molecule has 0 radical (unpaired) electrons. The topological polar surface area (TPSA) is 56.5 Å². The highest BCUT2D eigenvalue weighted by Crippen LogP contribution is 2.14. The van der Waals surface area contributed by atoms with Crippen LogP contribution in [0.5, 0.6) is 5.75 Å². The van der Waals surface area contributed by atoms with Crippen molar-refractivity contribution in [2.45, 2.75) is 0 Å². The van der Waals surface area contributed by atoms with E-state index in [9.17, 15) is 4.79 Å². The molecule has 0 aliphatic carbocycles. The van der Waals surface area contributed by atoms with Gasteiger partial charge in [0.15, 0.2) is 5.65 Å². The number of aromatic nitrogens is 3. The van der Waals surface area contributed by atoms with E-state index >= 15 is 0 Å². The molecule has 0 amide bonds. The van der Waals surface area contributed by atoms with Crippen LogP contribution in [0.4, 0.5) is 0 Å². The van der Waals surface area contributed by atoms with Gasteiger partial charge in [-0.2, -0.15) is 0 Å². The van der Waals surface area contributed by atoms with E-state index in [2.05, 4.69) is 9.97 Å². The number of hydrogen-bond acceptors (Lipinski definition) is 4. The molecule has 0 unspecified atom stereocenters. The SMILES string of the molecule is COc1ccc(C(=O)c2ccn3cncc3n2)cc1. The molecular formula is C14H11N3O2. The van der Waals surface area contributed by atoms with Gasteiger partial charge in [-0.25, -0.2) is 9.97 Å². The summed E-state index contributed by atoms with van der Waals surface area (Å²) in [5.74, 6) is 0.599. The summed E-state index contributed by atoms with van der Waals surface area (Å²) in [5.41, 5.74) is 1.63. The molecule has 0 atom stereocenters. The van der Waals surface area contributed by atoms with Crippen LogP contribution in [0.15, 0.2) is 49.1 Å². The quantitative estimate of drug-likeness (QED) is 0.670. The lowest BCUT2D eigenvalue weighted by molar-refractivity contribution is 0.103. The van der Waals surface area contributed by atoms with Gasteiger partial charge in [-0.3, -0.25) is 9.20 Å². The number of rotatable bonds is 3. The molecule has 5 nitrogen and oxygen atoms in total. The van der Waals surface area contributed by atoms with Crippen LogP contribution in [-0.4, -0.2) is 27.3 Å². The molecule has 94 valence electrons. The van der Waals surface area contributed by atoms with Crippen LogP contribution < -0.4 is 4.74 Å². The van der Waals surface area contributed by atoms with E-state index in [1.54, 1.807) is 60.6 Å². The van der Waals surface area contributed by atoms with Gasteiger partial charge in [0.2, 0.25) is 5.78 Å². The van der Waals surface area contributed by atoms with Crippen LogP contribution >= 0.6 is 0 Å². The lowest BCUT2D eigenvalue weighted by Crippen LogP contribution is -2.05. The van der Waals surface area contributed by atoms with E-state index in [-0.39, 0.29) is 5.78 Å². The number of imidazole rings is 1. The third-order valence-corrected chi connectivity index (χ3v) is 2.86. The molecule has 3 aromatic rings. The van der Waals surface area contributed by atoms with Crippen molar-refractivity contribution < 1.29 is 9.53 Å². The van der Waals surface area contributed by atoms with Crippen LogP contribution in [0.2, 0.25) is 0 Å². The summed E-state index contributed by atoms with van der Waals surface area (Å²) in [6.45, 7) is 0. The van der Waals surface area contributed by atoms with E-state index < -0.39 is 0 Å². The number of methoxy groups -OCH3 is 1. The van der Waals surface area contributed by atoms with Gasteiger partial charge in [0.05, 0.1) is 13.3 Å². The molecule has 1 aromatic carbocycles. The Morgan fingerprint density at radius 1 is 1.21 bits per heavy atom. The van der Waals surface area contributed by atoms with Crippen molar-refractivity contribution in [1.82, 2.24) is 14.4 Å². The summed E-state index contributed by atoms with van der Waals surface area (Å²) in [4.78, 5) is 20.5. The molecule has 0 spiro atoms. The minimum absolute atomic E-state index is 0.119. The van der Waals surface area contributed by atoms with E-state index in [0.29, 0.717) is 16.9 Å². The summed E-state index contributed by atoms with van der Waals surface area (Å²) in [6.07, 6.45) is 5.03. The average molecular weight is 253 g/mol. The Morgan fingerprint density at radius 3 is 2.74 bits per heavy atom.